The summed E-state index contributed by atoms with van der Waals surface area (Å²) in [4.78, 5) is 24.0. The summed E-state index contributed by atoms with van der Waals surface area (Å²) in [7, 11) is 0. The van der Waals surface area contributed by atoms with E-state index < -0.39 is 11.8 Å². The number of benzene rings is 2. The fourth-order valence-electron chi connectivity index (χ4n) is 2.68. The van der Waals surface area contributed by atoms with Gasteiger partial charge in [0, 0.05) is 10.5 Å². The molecule has 0 unspecified atom stereocenters. The third-order valence-corrected chi connectivity index (χ3v) is 4.72. The van der Waals surface area contributed by atoms with Gasteiger partial charge in [0.05, 0.1) is 11.9 Å². The Morgan fingerprint density at radius 3 is 2.67 bits per heavy atom. The van der Waals surface area contributed by atoms with Gasteiger partial charge >= 0.3 is 0 Å². The first-order valence-corrected chi connectivity index (χ1v) is 10.0. The molecule has 2 amide bonds. The second-order valence-corrected chi connectivity index (χ2v) is 7.68. The summed E-state index contributed by atoms with van der Waals surface area (Å²) in [6.07, 6.45) is 4.38. The Morgan fingerprint density at radius 1 is 1.20 bits per heavy atom. The largest absolute Gasteiger partial charge is 0.365 e. The Balaban J connectivity index is 1.76. The average Bonchev–Trinajstić information content (AvgIpc) is 3.10. The van der Waals surface area contributed by atoms with Gasteiger partial charge < -0.3 is 11.1 Å². The van der Waals surface area contributed by atoms with Gasteiger partial charge in [-0.05, 0) is 60.6 Å². The van der Waals surface area contributed by atoms with Crippen molar-refractivity contribution in [3.63, 3.8) is 0 Å². The molecule has 2 aromatic carbocycles. The van der Waals surface area contributed by atoms with Crippen LogP contribution in [0.25, 0.3) is 11.8 Å². The van der Waals surface area contributed by atoms with Gasteiger partial charge in [-0.1, -0.05) is 40.2 Å². The highest BCUT2D eigenvalue weighted by atomic mass is 79.9. The maximum atomic E-state index is 12.2. The third-order valence-electron chi connectivity index (χ3n) is 4.03. The maximum absolute atomic E-state index is 12.2. The van der Waals surface area contributed by atoms with E-state index in [4.69, 9.17) is 18.0 Å². The number of carbonyl (C=O) groups excluding carboxylic acids is 2. The molecule has 0 spiro atoms. The minimum absolute atomic E-state index is 0.01000. The highest BCUT2D eigenvalue weighted by Gasteiger charge is 2.18. The van der Waals surface area contributed by atoms with E-state index in [1.54, 1.807) is 6.08 Å². The number of hydrogen-bond acceptors (Lipinski definition) is 4. The number of aryl methyl sites for hydroxylation is 1. The van der Waals surface area contributed by atoms with Crippen LogP contribution in [0.15, 0.2) is 65.3 Å². The van der Waals surface area contributed by atoms with Crippen LogP contribution in [0.1, 0.15) is 21.5 Å². The molecular formula is C21H18BrN5O2S. The molecule has 0 aliphatic heterocycles. The van der Waals surface area contributed by atoms with Gasteiger partial charge in [0.15, 0.2) is 5.11 Å². The number of aromatic nitrogens is 2. The first-order valence-electron chi connectivity index (χ1n) is 8.84. The topological polar surface area (TPSA) is 102 Å². The van der Waals surface area contributed by atoms with Crippen LogP contribution in [0.4, 0.5) is 5.82 Å². The number of nitrogens with one attached hydrogen (secondary N) is 2. The highest BCUT2D eigenvalue weighted by Crippen LogP contribution is 2.21. The molecule has 3 rings (SSSR count). The molecule has 30 heavy (non-hydrogen) atoms. The lowest BCUT2D eigenvalue weighted by molar-refractivity contribution is -0.115. The lowest BCUT2D eigenvalue weighted by Gasteiger charge is -2.12. The van der Waals surface area contributed by atoms with Crippen molar-refractivity contribution in [3.05, 3.63) is 82.0 Å². The maximum Gasteiger partial charge on any atom is 0.254 e. The molecule has 1 aromatic heterocycles. The van der Waals surface area contributed by atoms with E-state index in [2.05, 4.69) is 31.7 Å². The van der Waals surface area contributed by atoms with Gasteiger partial charge in [-0.3, -0.25) is 14.9 Å². The monoisotopic (exact) mass is 483 g/mol. The molecule has 152 valence electrons. The lowest BCUT2D eigenvalue weighted by Crippen LogP contribution is -2.34. The Hall–Kier alpha value is -3.30. The van der Waals surface area contributed by atoms with E-state index in [9.17, 15) is 9.59 Å². The number of halogens is 1. The van der Waals surface area contributed by atoms with Crippen molar-refractivity contribution in [1.82, 2.24) is 15.1 Å². The fraction of sp³-hybridized carbons (Fsp3) is 0.0476. The minimum atomic E-state index is -0.667. The van der Waals surface area contributed by atoms with E-state index >= 15 is 0 Å². The van der Waals surface area contributed by atoms with Crippen molar-refractivity contribution in [2.75, 3.05) is 5.32 Å². The van der Waals surface area contributed by atoms with Crippen molar-refractivity contribution >= 4 is 57.0 Å². The molecule has 7 nitrogen and oxygen atoms in total. The van der Waals surface area contributed by atoms with Gasteiger partial charge in [0.25, 0.3) is 5.91 Å². The van der Waals surface area contributed by atoms with Crippen LogP contribution in [0.2, 0.25) is 0 Å². The molecule has 4 N–H and O–H groups in total. The molecule has 0 aliphatic rings. The minimum Gasteiger partial charge on any atom is -0.365 e. The van der Waals surface area contributed by atoms with Crippen LogP contribution in [-0.2, 0) is 4.79 Å². The summed E-state index contributed by atoms with van der Waals surface area (Å²) in [6, 6.07) is 15.0. The number of thiocarbonyl (C=S) groups is 1. The highest BCUT2D eigenvalue weighted by molar-refractivity contribution is 9.10. The smallest absolute Gasteiger partial charge is 0.254 e. The summed E-state index contributed by atoms with van der Waals surface area (Å²) in [5.41, 5.74) is 8.20. The Morgan fingerprint density at radius 2 is 1.97 bits per heavy atom. The van der Waals surface area contributed by atoms with Crippen molar-refractivity contribution in [1.29, 1.82) is 0 Å². The molecule has 0 aliphatic carbocycles. The summed E-state index contributed by atoms with van der Waals surface area (Å²) in [6.45, 7) is 1.94. The van der Waals surface area contributed by atoms with Crippen molar-refractivity contribution in [2.24, 2.45) is 5.73 Å². The van der Waals surface area contributed by atoms with Crippen LogP contribution in [-0.4, -0.2) is 26.7 Å². The number of rotatable bonds is 5. The number of nitrogens with zero attached hydrogens (tertiary/aromatic N) is 2. The number of anilines is 1. The van der Waals surface area contributed by atoms with Crippen LogP contribution in [0.3, 0.4) is 0 Å². The zero-order valence-corrected chi connectivity index (χ0v) is 18.3. The molecule has 0 radical (unpaired) electrons. The van der Waals surface area contributed by atoms with E-state index in [1.165, 1.54) is 17.0 Å². The van der Waals surface area contributed by atoms with E-state index in [0.29, 0.717) is 5.69 Å². The summed E-state index contributed by atoms with van der Waals surface area (Å²) in [5, 5.41) is 9.64. The molecule has 1 heterocycles. The molecule has 3 aromatic rings. The van der Waals surface area contributed by atoms with Gasteiger partial charge in [-0.25, -0.2) is 4.68 Å². The second-order valence-electron chi connectivity index (χ2n) is 6.35. The number of amides is 2. The van der Waals surface area contributed by atoms with Gasteiger partial charge in [0.2, 0.25) is 5.91 Å². The number of carbonyl (C=O) groups is 2. The molecule has 0 bridgehead atoms. The van der Waals surface area contributed by atoms with Crippen LogP contribution >= 0.6 is 28.1 Å². The standard InChI is InChI=1S/C21H18BrN5O2S/c1-13-4-2-7-16(10-13)27-20(17(12-24-27)19(23)29)26-21(30)25-18(28)9-8-14-5-3-6-15(22)11-14/h2-12H,1H3,(H2,23,29)(H2,25,26,28,30). The van der Waals surface area contributed by atoms with Crippen molar-refractivity contribution in [3.8, 4) is 5.69 Å². The molecule has 0 atom stereocenters. The van der Waals surface area contributed by atoms with Crippen LogP contribution < -0.4 is 16.4 Å². The quantitative estimate of drug-likeness (QED) is 0.380. The first-order chi connectivity index (χ1) is 14.3. The van der Waals surface area contributed by atoms with Crippen molar-refractivity contribution < 1.29 is 9.59 Å². The first kappa shape index (κ1) is 21.4. The molecular weight excluding hydrogens is 466 g/mol. The summed E-state index contributed by atoms with van der Waals surface area (Å²) < 4.78 is 2.41. The van der Waals surface area contributed by atoms with Gasteiger partial charge in [0.1, 0.15) is 11.4 Å². The van der Waals surface area contributed by atoms with E-state index in [0.717, 1.165) is 15.6 Å². The zero-order valence-electron chi connectivity index (χ0n) is 15.9. The Kier molecular flexibility index (Phi) is 6.76. The van der Waals surface area contributed by atoms with Crippen molar-refractivity contribution in [2.45, 2.75) is 6.92 Å². The second kappa shape index (κ2) is 9.47. The summed E-state index contributed by atoms with van der Waals surface area (Å²) in [5.74, 6) is -0.816. The number of primary amides is 1. The van der Waals surface area contributed by atoms with Gasteiger partial charge in [-0.15, -0.1) is 0 Å². The lowest BCUT2D eigenvalue weighted by atomic mass is 10.2. The molecule has 9 heteroatoms. The van der Waals surface area contributed by atoms with Gasteiger partial charge in [-0.2, -0.15) is 5.10 Å². The zero-order chi connectivity index (χ0) is 21.7. The normalized spacial score (nSPS) is 10.7. The fourth-order valence-corrected chi connectivity index (χ4v) is 3.29. The molecule has 0 fully saturated rings. The third kappa shape index (κ3) is 5.40. The summed E-state index contributed by atoms with van der Waals surface area (Å²) >= 11 is 8.61. The SMILES string of the molecule is Cc1cccc(-n2ncc(C(N)=O)c2NC(=S)NC(=O)C=Cc2cccc(Br)c2)c1. The predicted molar refractivity (Wildman–Crippen MR) is 124 cm³/mol. The Labute approximate surface area is 187 Å². The number of hydrogen-bond donors (Lipinski definition) is 3. The Bertz CT molecular complexity index is 1160. The molecule has 0 saturated carbocycles. The average molecular weight is 484 g/mol. The number of nitrogens with two attached hydrogens (primary N) is 1. The van der Waals surface area contributed by atoms with Crippen LogP contribution in [0, 0.1) is 6.92 Å². The predicted octanol–water partition coefficient (Wildman–Crippen LogP) is 3.57. The van der Waals surface area contributed by atoms with E-state index in [1.807, 2.05) is 55.5 Å². The van der Waals surface area contributed by atoms with Crippen LogP contribution in [0.5, 0.6) is 0 Å². The van der Waals surface area contributed by atoms with E-state index in [-0.39, 0.29) is 16.5 Å². The molecule has 0 saturated heterocycles.